The van der Waals surface area contributed by atoms with Crippen LogP contribution in [0.2, 0.25) is 0 Å². The molecule has 0 aliphatic carbocycles. The normalized spacial score (nSPS) is 18.0. The molecule has 138 valence electrons. The van der Waals surface area contributed by atoms with Crippen molar-refractivity contribution >= 4 is 5.91 Å². The third-order valence-corrected chi connectivity index (χ3v) is 4.43. The van der Waals surface area contributed by atoms with Crippen molar-refractivity contribution in [2.75, 3.05) is 0 Å². The average Bonchev–Trinajstić information content (AvgIpc) is 2.53. The molecule has 0 radical (unpaired) electrons. The number of benzene rings is 2. The van der Waals surface area contributed by atoms with Crippen LogP contribution in [0.3, 0.4) is 0 Å². The summed E-state index contributed by atoms with van der Waals surface area (Å²) < 4.78 is 11.9. The molecule has 1 N–H and O–H groups in total. The van der Waals surface area contributed by atoms with Gasteiger partial charge in [-0.2, -0.15) is 0 Å². The van der Waals surface area contributed by atoms with E-state index in [1.807, 2.05) is 65.0 Å². The molecule has 26 heavy (non-hydrogen) atoms. The van der Waals surface area contributed by atoms with Crippen molar-refractivity contribution in [2.24, 2.45) is 0 Å². The summed E-state index contributed by atoms with van der Waals surface area (Å²) in [7, 11) is 0. The van der Waals surface area contributed by atoms with E-state index in [2.05, 4.69) is 11.4 Å². The van der Waals surface area contributed by atoms with E-state index >= 15 is 0 Å². The molecule has 0 unspecified atom stereocenters. The highest BCUT2D eigenvalue weighted by atomic mass is 16.5. The molecule has 4 heteroatoms. The molecular weight excluding hydrogens is 326 g/mol. The number of hydrogen-bond acceptors (Lipinski definition) is 3. The maximum absolute atomic E-state index is 13.0. The topological polar surface area (TPSA) is 47.6 Å². The second-order valence-electron chi connectivity index (χ2n) is 7.80. The minimum Gasteiger partial charge on any atom is -0.490 e. The van der Waals surface area contributed by atoms with Gasteiger partial charge in [0.15, 0.2) is 0 Å². The van der Waals surface area contributed by atoms with Gasteiger partial charge in [0.2, 0.25) is 0 Å². The Balaban J connectivity index is 1.88. The number of aryl methyl sites for hydroxylation is 1. The Kier molecular flexibility index (Phi) is 4.94. The molecule has 2 aromatic rings. The number of hydrogen-bond donors (Lipinski definition) is 1. The zero-order valence-corrected chi connectivity index (χ0v) is 16.1. The molecule has 0 spiro atoms. The first-order valence-corrected chi connectivity index (χ1v) is 9.11. The monoisotopic (exact) mass is 353 g/mol. The number of nitrogens with one attached hydrogen (secondary N) is 1. The van der Waals surface area contributed by atoms with Crippen LogP contribution in [0.1, 0.15) is 61.6 Å². The molecule has 0 bridgehead atoms. The summed E-state index contributed by atoms with van der Waals surface area (Å²) in [5.74, 6) is 1.32. The Morgan fingerprint density at radius 3 is 2.69 bits per heavy atom. The van der Waals surface area contributed by atoms with Crippen molar-refractivity contribution in [3.05, 3.63) is 59.2 Å². The highest BCUT2D eigenvalue weighted by Gasteiger charge is 2.35. The molecule has 4 nitrogen and oxygen atoms in total. The predicted molar refractivity (Wildman–Crippen MR) is 103 cm³/mol. The van der Waals surface area contributed by atoms with Gasteiger partial charge in [-0.05, 0) is 58.4 Å². The minimum atomic E-state index is -0.341. The molecule has 0 saturated carbocycles. The average molecular weight is 353 g/mol. The lowest BCUT2D eigenvalue weighted by Crippen LogP contribution is -2.41. The van der Waals surface area contributed by atoms with Crippen LogP contribution in [-0.2, 0) is 0 Å². The van der Waals surface area contributed by atoms with Crippen molar-refractivity contribution in [1.82, 2.24) is 5.32 Å². The van der Waals surface area contributed by atoms with Gasteiger partial charge in [-0.1, -0.05) is 24.3 Å². The Hall–Kier alpha value is -2.49. The van der Waals surface area contributed by atoms with Gasteiger partial charge in [-0.3, -0.25) is 4.79 Å². The number of para-hydroxylation sites is 1. The van der Waals surface area contributed by atoms with Crippen LogP contribution in [0.15, 0.2) is 42.5 Å². The van der Waals surface area contributed by atoms with E-state index in [0.717, 1.165) is 16.9 Å². The Morgan fingerprint density at radius 1 is 1.23 bits per heavy atom. The zero-order chi connectivity index (χ0) is 18.9. The molecule has 2 aromatic carbocycles. The molecular formula is C22H27NO3. The zero-order valence-electron chi connectivity index (χ0n) is 16.1. The van der Waals surface area contributed by atoms with Crippen LogP contribution in [0, 0.1) is 6.92 Å². The van der Waals surface area contributed by atoms with Crippen LogP contribution in [0.25, 0.3) is 0 Å². The summed E-state index contributed by atoms with van der Waals surface area (Å²) in [6.45, 7) is 10.0. The SMILES string of the molecule is Cc1ccc2c(c1)OC(C)(C)C[C@H]2NC(=O)c1ccccc1OC(C)C. The molecule has 0 saturated heterocycles. The summed E-state index contributed by atoms with van der Waals surface area (Å²) in [6.07, 6.45) is 0.719. The number of ether oxygens (including phenoxy) is 2. The highest BCUT2D eigenvalue weighted by molar-refractivity contribution is 5.97. The van der Waals surface area contributed by atoms with Crippen LogP contribution < -0.4 is 14.8 Å². The summed E-state index contributed by atoms with van der Waals surface area (Å²) in [4.78, 5) is 13.0. The summed E-state index contributed by atoms with van der Waals surface area (Å²) >= 11 is 0. The minimum absolute atomic E-state index is 0.00895. The van der Waals surface area contributed by atoms with Gasteiger partial charge in [-0.25, -0.2) is 0 Å². The summed E-state index contributed by atoms with van der Waals surface area (Å²) in [5, 5.41) is 3.18. The largest absolute Gasteiger partial charge is 0.490 e. The quantitative estimate of drug-likeness (QED) is 0.858. The van der Waals surface area contributed by atoms with E-state index in [9.17, 15) is 4.79 Å². The first-order valence-electron chi connectivity index (χ1n) is 9.11. The fraction of sp³-hybridized carbons (Fsp3) is 0.409. The van der Waals surface area contributed by atoms with Gasteiger partial charge in [0, 0.05) is 12.0 Å². The van der Waals surface area contributed by atoms with Gasteiger partial charge in [-0.15, -0.1) is 0 Å². The van der Waals surface area contributed by atoms with Crippen molar-refractivity contribution in [1.29, 1.82) is 0 Å². The maximum atomic E-state index is 13.0. The van der Waals surface area contributed by atoms with Gasteiger partial charge in [0.25, 0.3) is 5.91 Å². The van der Waals surface area contributed by atoms with Crippen molar-refractivity contribution in [2.45, 2.75) is 58.8 Å². The van der Waals surface area contributed by atoms with Gasteiger partial charge in [0.05, 0.1) is 17.7 Å². The Labute approximate surface area is 155 Å². The molecule has 0 aromatic heterocycles. The smallest absolute Gasteiger partial charge is 0.255 e. The number of fused-ring (bicyclic) bond motifs is 1. The van der Waals surface area contributed by atoms with Crippen LogP contribution in [0.5, 0.6) is 11.5 Å². The second-order valence-corrected chi connectivity index (χ2v) is 7.80. The van der Waals surface area contributed by atoms with Gasteiger partial charge in [0.1, 0.15) is 17.1 Å². The molecule has 0 fully saturated rings. The van der Waals surface area contributed by atoms with Crippen LogP contribution in [-0.4, -0.2) is 17.6 Å². The number of rotatable bonds is 4. The van der Waals surface area contributed by atoms with E-state index in [0.29, 0.717) is 17.7 Å². The molecule has 1 atom stereocenters. The fourth-order valence-corrected chi connectivity index (χ4v) is 3.33. The standard InChI is InChI=1S/C22H27NO3/c1-14(2)25-19-9-7-6-8-17(19)21(24)23-18-13-22(4,5)26-20-12-15(3)10-11-16(18)20/h6-12,14,18H,13H2,1-5H3,(H,23,24)/t18-/m1/s1. The number of amides is 1. The van der Waals surface area contributed by atoms with Crippen LogP contribution >= 0.6 is 0 Å². The van der Waals surface area contributed by atoms with E-state index < -0.39 is 0 Å². The third kappa shape index (κ3) is 4.01. The summed E-state index contributed by atoms with van der Waals surface area (Å²) in [6, 6.07) is 13.4. The maximum Gasteiger partial charge on any atom is 0.255 e. The predicted octanol–water partition coefficient (Wildman–Crippen LogP) is 4.81. The second kappa shape index (κ2) is 7.02. The number of carbonyl (C=O) groups is 1. The van der Waals surface area contributed by atoms with Crippen molar-refractivity contribution < 1.29 is 14.3 Å². The number of carbonyl (C=O) groups excluding carboxylic acids is 1. The fourth-order valence-electron chi connectivity index (χ4n) is 3.33. The van der Waals surface area contributed by atoms with Crippen LogP contribution in [0.4, 0.5) is 0 Å². The third-order valence-electron chi connectivity index (χ3n) is 4.43. The lowest BCUT2D eigenvalue weighted by atomic mass is 9.89. The molecule has 1 aliphatic heterocycles. The van der Waals surface area contributed by atoms with Gasteiger partial charge >= 0.3 is 0 Å². The van der Waals surface area contributed by atoms with E-state index in [1.54, 1.807) is 6.07 Å². The van der Waals surface area contributed by atoms with Crippen molar-refractivity contribution in [3.63, 3.8) is 0 Å². The lowest BCUT2D eigenvalue weighted by Gasteiger charge is -2.38. The van der Waals surface area contributed by atoms with E-state index in [1.165, 1.54) is 0 Å². The molecule has 1 heterocycles. The van der Waals surface area contributed by atoms with Crippen molar-refractivity contribution in [3.8, 4) is 11.5 Å². The lowest BCUT2D eigenvalue weighted by molar-refractivity contribution is 0.0618. The van der Waals surface area contributed by atoms with E-state index in [-0.39, 0.29) is 23.7 Å². The molecule has 1 aliphatic rings. The molecule has 1 amide bonds. The molecule has 3 rings (SSSR count). The first kappa shape index (κ1) is 18.3. The highest BCUT2D eigenvalue weighted by Crippen LogP contribution is 2.40. The van der Waals surface area contributed by atoms with Gasteiger partial charge < -0.3 is 14.8 Å². The first-order chi connectivity index (χ1) is 12.2. The Bertz CT molecular complexity index is 811. The van der Waals surface area contributed by atoms with E-state index in [4.69, 9.17) is 9.47 Å². The summed E-state index contributed by atoms with van der Waals surface area (Å²) in [5.41, 5.74) is 2.37. The Morgan fingerprint density at radius 2 is 1.96 bits per heavy atom.